The maximum atomic E-state index is 12.2. The molecule has 0 unspecified atom stereocenters. The normalized spacial score (nSPS) is 14.8. The van der Waals surface area contributed by atoms with Crippen LogP contribution in [0.1, 0.15) is 47.3 Å². The van der Waals surface area contributed by atoms with E-state index in [1.807, 2.05) is 26.0 Å². The van der Waals surface area contributed by atoms with Crippen molar-refractivity contribution >= 4 is 17.5 Å². The van der Waals surface area contributed by atoms with Crippen LogP contribution in [0, 0.1) is 13.8 Å². The van der Waals surface area contributed by atoms with Crippen molar-refractivity contribution < 1.29 is 9.53 Å². The van der Waals surface area contributed by atoms with E-state index in [2.05, 4.69) is 10.4 Å². The Kier molecular flexibility index (Phi) is 5.09. The van der Waals surface area contributed by atoms with Crippen LogP contribution in [0.25, 0.3) is 0 Å². The monoisotopic (exact) mass is 347 g/mol. The summed E-state index contributed by atoms with van der Waals surface area (Å²) in [4.78, 5) is 12.2. The zero-order valence-electron chi connectivity index (χ0n) is 14.0. The first kappa shape index (κ1) is 16.8. The summed E-state index contributed by atoms with van der Waals surface area (Å²) in [6.45, 7) is 4.14. The lowest BCUT2D eigenvalue weighted by atomic mass is 10.1. The van der Waals surface area contributed by atoms with Gasteiger partial charge in [-0.15, -0.1) is 0 Å². The van der Waals surface area contributed by atoms with Gasteiger partial charge in [0, 0.05) is 17.3 Å². The Morgan fingerprint density at radius 3 is 2.67 bits per heavy atom. The third-order valence-corrected chi connectivity index (χ3v) is 4.93. The van der Waals surface area contributed by atoms with Crippen LogP contribution in [-0.2, 0) is 6.73 Å². The molecule has 1 fully saturated rings. The summed E-state index contributed by atoms with van der Waals surface area (Å²) in [5.74, 6) is 0.626. The zero-order valence-corrected chi connectivity index (χ0v) is 14.8. The van der Waals surface area contributed by atoms with Gasteiger partial charge in [-0.05, 0) is 56.0 Å². The van der Waals surface area contributed by atoms with Gasteiger partial charge in [0.2, 0.25) is 0 Å². The number of hydrogen-bond donors (Lipinski definition) is 1. The number of nitrogens with zero attached hydrogens (tertiary/aromatic N) is 2. The number of aryl methyl sites for hydroxylation is 2. The maximum absolute atomic E-state index is 12.2. The molecule has 0 saturated heterocycles. The minimum Gasteiger partial charge on any atom is -0.471 e. The molecule has 2 aromatic rings. The second-order valence-electron chi connectivity index (χ2n) is 6.34. The van der Waals surface area contributed by atoms with Crippen molar-refractivity contribution in [2.75, 3.05) is 0 Å². The summed E-state index contributed by atoms with van der Waals surface area (Å²) in [5.41, 5.74) is 2.38. The number of nitrogens with one attached hydrogen (secondary N) is 1. The average molecular weight is 348 g/mol. The highest BCUT2D eigenvalue weighted by molar-refractivity contribution is 6.32. The van der Waals surface area contributed by atoms with Gasteiger partial charge in [-0.3, -0.25) is 4.79 Å². The number of carbonyl (C=O) groups excluding carboxylic acids is 1. The van der Waals surface area contributed by atoms with E-state index in [0.717, 1.165) is 34.7 Å². The Bertz CT molecular complexity index is 713. The Balaban J connectivity index is 1.58. The molecule has 1 aromatic heterocycles. The topological polar surface area (TPSA) is 56.1 Å². The molecule has 128 valence electrons. The van der Waals surface area contributed by atoms with Gasteiger partial charge in [-0.1, -0.05) is 24.4 Å². The number of halogens is 1. The van der Waals surface area contributed by atoms with Crippen molar-refractivity contribution in [1.29, 1.82) is 0 Å². The van der Waals surface area contributed by atoms with Crippen LogP contribution in [0.5, 0.6) is 5.75 Å². The van der Waals surface area contributed by atoms with Gasteiger partial charge >= 0.3 is 0 Å². The highest BCUT2D eigenvalue weighted by Gasteiger charge is 2.19. The Morgan fingerprint density at radius 2 is 2.00 bits per heavy atom. The van der Waals surface area contributed by atoms with E-state index in [1.165, 1.54) is 12.8 Å². The van der Waals surface area contributed by atoms with E-state index in [9.17, 15) is 4.79 Å². The van der Waals surface area contributed by atoms with Crippen LogP contribution in [0.2, 0.25) is 5.02 Å². The predicted molar refractivity (Wildman–Crippen MR) is 93.5 cm³/mol. The molecule has 0 bridgehead atoms. The van der Waals surface area contributed by atoms with Crippen LogP contribution in [0.3, 0.4) is 0 Å². The van der Waals surface area contributed by atoms with Crippen molar-refractivity contribution in [3.8, 4) is 5.75 Å². The summed E-state index contributed by atoms with van der Waals surface area (Å²) in [6, 6.07) is 5.80. The Labute approximate surface area is 147 Å². The molecule has 24 heavy (non-hydrogen) atoms. The summed E-state index contributed by atoms with van der Waals surface area (Å²) >= 11 is 6.16. The van der Waals surface area contributed by atoms with Gasteiger partial charge in [0.1, 0.15) is 11.4 Å². The molecule has 0 atom stereocenters. The van der Waals surface area contributed by atoms with Crippen LogP contribution >= 0.6 is 11.6 Å². The molecule has 1 heterocycles. The fourth-order valence-corrected chi connectivity index (χ4v) is 3.12. The number of aromatic nitrogens is 2. The number of benzene rings is 1. The van der Waals surface area contributed by atoms with Gasteiger partial charge in [0.15, 0.2) is 6.73 Å². The lowest BCUT2D eigenvalue weighted by Gasteiger charge is -2.11. The van der Waals surface area contributed by atoms with Gasteiger partial charge in [0.05, 0.1) is 0 Å². The second kappa shape index (κ2) is 7.26. The Morgan fingerprint density at radius 1 is 1.33 bits per heavy atom. The highest BCUT2D eigenvalue weighted by Crippen LogP contribution is 2.26. The molecule has 0 aliphatic heterocycles. The largest absolute Gasteiger partial charge is 0.471 e. The molecule has 6 heteroatoms. The second-order valence-corrected chi connectivity index (χ2v) is 6.72. The predicted octanol–water partition coefficient (Wildman–Crippen LogP) is 3.86. The first-order valence-corrected chi connectivity index (χ1v) is 8.64. The van der Waals surface area contributed by atoms with E-state index < -0.39 is 0 Å². The molecule has 1 aromatic carbocycles. The molecule has 5 nitrogen and oxygen atoms in total. The molecule has 1 amide bonds. The SMILES string of the molecule is Cc1cc(OCn2ccc(C(=O)NC3CCCC3)n2)cc(C)c1Cl. The maximum Gasteiger partial charge on any atom is 0.271 e. The molecule has 3 rings (SSSR count). The third kappa shape index (κ3) is 3.90. The van der Waals surface area contributed by atoms with E-state index in [-0.39, 0.29) is 12.6 Å². The third-order valence-electron chi connectivity index (χ3n) is 4.34. The molecule has 1 N–H and O–H groups in total. The van der Waals surface area contributed by atoms with Gasteiger partial charge < -0.3 is 10.1 Å². The minimum absolute atomic E-state index is 0.112. The number of rotatable bonds is 5. The summed E-state index contributed by atoms with van der Waals surface area (Å²) < 4.78 is 7.36. The summed E-state index contributed by atoms with van der Waals surface area (Å²) in [6.07, 6.45) is 6.25. The lowest BCUT2D eigenvalue weighted by Crippen LogP contribution is -2.32. The van der Waals surface area contributed by atoms with E-state index in [4.69, 9.17) is 16.3 Å². The first-order chi connectivity index (χ1) is 11.5. The van der Waals surface area contributed by atoms with E-state index in [0.29, 0.717) is 11.7 Å². The molecule has 1 saturated carbocycles. The van der Waals surface area contributed by atoms with Gasteiger partial charge in [0.25, 0.3) is 5.91 Å². The fraction of sp³-hybridized carbons (Fsp3) is 0.444. The van der Waals surface area contributed by atoms with Gasteiger partial charge in [-0.2, -0.15) is 5.10 Å². The number of carbonyl (C=O) groups is 1. The quantitative estimate of drug-likeness (QED) is 0.893. The van der Waals surface area contributed by atoms with Crippen LogP contribution in [0.4, 0.5) is 0 Å². The fourth-order valence-electron chi connectivity index (χ4n) is 3.01. The standard InChI is InChI=1S/C18H22ClN3O2/c1-12-9-15(10-13(2)17(12)19)24-11-22-8-7-16(21-22)18(23)20-14-5-3-4-6-14/h7-10,14H,3-6,11H2,1-2H3,(H,20,23). The first-order valence-electron chi connectivity index (χ1n) is 8.27. The molecule has 0 spiro atoms. The van der Waals surface area contributed by atoms with Crippen LogP contribution < -0.4 is 10.1 Å². The van der Waals surface area contributed by atoms with Crippen molar-refractivity contribution in [2.45, 2.75) is 52.3 Å². The van der Waals surface area contributed by atoms with Gasteiger partial charge in [-0.25, -0.2) is 4.68 Å². The average Bonchev–Trinajstić information content (AvgIpc) is 3.21. The minimum atomic E-state index is -0.112. The summed E-state index contributed by atoms with van der Waals surface area (Å²) in [5, 5.41) is 8.07. The van der Waals surface area contributed by atoms with E-state index in [1.54, 1.807) is 16.9 Å². The highest BCUT2D eigenvalue weighted by atomic mass is 35.5. The molecule has 1 aliphatic rings. The Hall–Kier alpha value is -2.01. The van der Waals surface area contributed by atoms with Crippen molar-refractivity contribution in [2.24, 2.45) is 0 Å². The molecular weight excluding hydrogens is 326 g/mol. The van der Waals surface area contributed by atoms with Crippen molar-refractivity contribution in [3.05, 3.63) is 46.2 Å². The number of hydrogen-bond acceptors (Lipinski definition) is 3. The van der Waals surface area contributed by atoms with E-state index >= 15 is 0 Å². The summed E-state index contributed by atoms with van der Waals surface area (Å²) in [7, 11) is 0. The van der Waals surface area contributed by atoms with Crippen molar-refractivity contribution in [1.82, 2.24) is 15.1 Å². The molecular formula is C18H22ClN3O2. The smallest absolute Gasteiger partial charge is 0.271 e. The van der Waals surface area contributed by atoms with Crippen LogP contribution in [0.15, 0.2) is 24.4 Å². The van der Waals surface area contributed by atoms with Crippen LogP contribution in [-0.4, -0.2) is 21.7 Å². The lowest BCUT2D eigenvalue weighted by molar-refractivity contribution is 0.0930. The zero-order chi connectivity index (χ0) is 17.1. The number of amides is 1. The molecule has 1 aliphatic carbocycles. The van der Waals surface area contributed by atoms with Crippen molar-refractivity contribution in [3.63, 3.8) is 0 Å². The number of ether oxygens (including phenoxy) is 1. The molecule has 0 radical (unpaired) electrons.